The Hall–Kier alpha value is -3.34. The van der Waals surface area contributed by atoms with Gasteiger partial charge < -0.3 is 34.2 Å². The molecule has 0 fully saturated rings. The van der Waals surface area contributed by atoms with E-state index in [0.717, 1.165) is 12.8 Å². The van der Waals surface area contributed by atoms with Crippen LogP contribution in [0.2, 0.25) is 0 Å². The molecule has 0 saturated carbocycles. The SMILES string of the molecule is CCCC(C)OC(=O)Oc1ccc(C[C@](N)(CCOC(=O)CCC(C)C)C(=O)OC)cc1OC(=O)OC(C)CCC. The zero-order chi connectivity index (χ0) is 31.0. The lowest BCUT2D eigenvalue weighted by Gasteiger charge is -2.27. The monoisotopic (exact) mass is 581 g/mol. The molecular weight excluding hydrogens is 534 g/mol. The molecule has 0 spiro atoms. The number of rotatable bonds is 17. The summed E-state index contributed by atoms with van der Waals surface area (Å²) in [6.07, 6.45) is 1.09. The number of carbonyl (C=O) groups is 4. The molecule has 0 aliphatic carbocycles. The van der Waals surface area contributed by atoms with Crippen molar-refractivity contribution in [2.24, 2.45) is 11.7 Å². The molecule has 2 unspecified atom stereocenters. The Morgan fingerprint density at radius 1 is 0.854 bits per heavy atom. The van der Waals surface area contributed by atoms with E-state index in [2.05, 4.69) is 0 Å². The van der Waals surface area contributed by atoms with Crippen LogP contribution in [0, 0.1) is 5.92 Å². The summed E-state index contributed by atoms with van der Waals surface area (Å²) in [5.41, 5.74) is 5.35. The van der Waals surface area contributed by atoms with Crippen LogP contribution >= 0.6 is 0 Å². The van der Waals surface area contributed by atoms with Crippen molar-refractivity contribution in [2.75, 3.05) is 13.7 Å². The molecule has 0 saturated heterocycles. The Bertz CT molecular complexity index is 995. The highest BCUT2D eigenvalue weighted by Crippen LogP contribution is 2.31. The van der Waals surface area contributed by atoms with E-state index < -0.39 is 23.8 Å². The topological polar surface area (TPSA) is 150 Å². The molecule has 0 radical (unpaired) electrons. The predicted molar refractivity (Wildman–Crippen MR) is 152 cm³/mol. The molecule has 0 heterocycles. The van der Waals surface area contributed by atoms with Gasteiger partial charge in [-0.05, 0) is 56.7 Å². The fourth-order valence-electron chi connectivity index (χ4n) is 3.97. The Morgan fingerprint density at radius 2 is 1.41 bits per heavy atom. The highest BCUT2D eigenvalue weighted by Gasteiger charge is 2.36. The molecule has 0 aliphatic heterocycles. The Morgan fingerprint density at radius 3 is 1.93 bits per heavy atom. The Labute approximate surface area is 243 Å². The molecule has 1 aromatic carbocycles. The second-order valence-electron chi connectivity index (χ2n) is 10.6. The van der Waals surface area contributed by atoms with Crippen molar-refractivity contribution in [3.63, 3.8) is 0 Å². The number of carbonyl (C=O) groups excluding carboxylic acids is 4. The lowest BCUT2D eigenvalue weighted by molar-refractivity contribution is -0.151. The number of hydrogen-bond donors (Lipinski definition) is 1. The lowest BCUT2D eigenvalue weighted by atomic mass is 9.88. The van der Waals surface area contributed by atoms with Crippen molar-refractivity contribution in [2.45, 2.75) is 111 Å². The van der Waals surface area contributed by atoms with Gasteiger partial charge in [0.2, 0.25) is 0 Å². The third-order valence-electron chi connectivity index (χ3n) is 6.23. The first-order chi connectivity index (χ1) is 19.3. The number of esters is 2. The number of ether oxygens (including phenoxy) is 6. The number of nitrogens with two attached hydrogens (primary N) is 1. The number of benzene rings is 1. The van der Waals surface area contributed by atoms with Crippen LogP contribution in [-0.4, -0.2) is 55.7 Å². The van der Waals surface area contributed by atoms with Gasteiger partial charge >= 0.3 is 24.2 Å². The van der Waals surface area contributed by atoms with Crippen molar-refractivity contribution < 1.29 is 47.6 Å². The lowest BCUT2D eigenvalue weighted by Crippen LogP contribution is -2.51. The normalized spacial score (nSPS) is 13.9. The molecule has 0 amide bonds. The Balaban J connectivity index is 3.16. The maximum absolute atomic E-state index is 12.7. The largest absolute Gasteiger partial charge is 0.514 e. The smallest absolute Gasteiger partial charge is 0.468 e. The maximum Gasteiger partial charge on any atom is 0.514 e. The van der Waals surface area contributed by atoms with Gasteiger partial charge in [-0.2, -0.15) is 0 Å². The van der Waals surface area contributed by atoms with Gasteiger partial charge in [0.05, 0.1) is 13.7 Å². The van der Waals surface area contributed by atoms with Gasteiger partial charge in [0, 0.05) is 19.3 Å². The molecule has 1 rings (SSSR count). The molecule has 2 N–H and O–H groups in total. The molecule has 0 bridgehead atoms. The van der Waals surface area contributed by atoms with Gasteiger partial charge in [-0.15, -0.1) is 0 Å². The van der Waals surface area contributed by atoms with E-state index in [1.54, 1.807) is 19.9 Å². The molecule has 11 heteroatoms. The summed E-state index contributed by atoms with van der Waals surface area (Å²) in [6.45, 7) is 11.3. The summed E-state index contributed by atoms with van der Waals surface area (Å²) in [5.74, 6) is -0.937. The molecule has 0 aromatic heterocycles. The van der Waals surface area contributed by atoms with E-state index in [-0.39, 0.29) is 55.5 Å². The van der Waals surface area contributed by atoms with E-state index in [9.17, 15) is 19.2 Å². The van der Waals surface area contributed by atoms with Crippen LogP contribution in [0.5, 0.6) is 11.5 Å². The van der Waals surface area contributed by atoms with Gasteiger partial charge in [0.1, 0.15) is 17.7 Å². The van der Waals surface area contributed by atoms with Crippen molar-refractivity contribution in [3.05, 3.63) is 23.8 Å². The standard InChI is InChI=1S/C30H47NO10/c1-8-10-21(5)38-28(34)40-24-14-13-23(18-25(24)41-29(35)39-22(6)11-9-2)19-30(31,27(33)36-7)16-17-37-26(32)15-12-20(3)4/h13-14,18,20-22H,8-12,15-17,19,31H2,1-7H3/t21?,22?,30-/m1/s1. The summed E-state index contributed by atoms with van der Waals surface area (Å²) in [4.78, 5) is 49.5. The average molecular weight is 582 g/mol. The molecule has 3 atom stereocenters. The average Bonchev–Trinajstić information content (AvgIpc) is 2.88. The van der Waals surface area contributed by atoms with Gasteiger partial charge in [0.25, 0.3) is 0 Å². The third kappa shape index (κ3) is 13.7. The predicted octanol–water partition coefficient (Wildman–Crippen LogP) is 5.88. The minimum atomic E-state index is -1.56. The van der Waals surface area contributed by atoms with E-state index in [0.29, 0.717) is 30.7 Å². The summed E-state index contributed by atoms with van der Waals surface area (Å²) < 4.78 is 31.5. The molecule has 0 aliphatic rings. The summed E-state index contributed by atoms with van der Waals surface area (Å²) in [7, 11) is 1.21. The van der Waals surface area contributed by atoms with E-state index in [4.69, 9.17) is 34.2 Å². The van der Waals surface area contributed by atoms with Crippen LogP contribution in [0.1, 0.15) is 92.1 Å². The molecule has 232 valence electrons. The van der Waals surface area contributed by atoms with Gasteiger partial charge in [-0.3, -0.25) is 9.59 Å². The van der Waals surface area contributed by atoms with Crippen LogP contribution in [0.3, 0.4) is 0 Å². The van der Waals surface area contributed by atoms with E-state index in [1.807, 2.05) is 27.7 Å². The van der Waals surface area contributed by atoms with Gasteiger partial charge in [-0.1, -0.05) is 46.6 Å². The summed E-state index contributed by atoms with van der Waals surface area (Å²) in [5, 5.41) is 0. The van der Waals surface area contributed by atoms with E-state index >= 15 is 0 Å². The first-order valence-electron chi connectivity index (χ1n) is 14.3. The van der Waals surface area contributed by atoms with Crippen LogP contribution in [-0.2, 0) is 35.0 Å². The first-order valence-corrected chi connectivity index (χ1v) is 14.3. The maximum atomic E-state index is 12.7. The Kier molecular flexibility index (Phi) is 15.8. The molecule has 1 aromatic rings. The van der Waals surface area contributed by atoms with Crippen molar-refractivity contribution in [3.8, 4) is 11.5 Å². The van der Waals surface area contributed by atoms with Crippen molar-refractivity contribution >= 4 is 24.2 Å². The highest BCUT2D eigenvalue weighted by atomic mass is 16.7. The van der Waals surface area contributed by atoms with Crippen molar-refractivity contribution in [1.82, 2.24) is 0 Å². The number of hydrogen-bond acceptors (Lipinski definition) is 11. The highest BCUT2D eigenvalue weighted by molar-refractivity contribution is 5.81. The van der Waals surface area contributed by atoms with Crippen molar-refractivity contribution in [1.29, 1.82) is 0 Å². The minimum Gasteiger partial charge on any atom is -0.468 e. The van der Waals surface area contributed by atoms with Gasteiger partial charge in [0.15, 0.2) is 11.5 Å². The van der Waals surface area contributed by atoms with E-state index in [1.165, 1.54) is 19.2 Å². The molecule has 41 heavy (non-hydrogen) atoms. The first kappa shape index (κ1) is 35.7. The van der Waals surface area contributed by atoms with Gasteiger partial charge in [-0.25, -0.2) is 9.59 Å². The second-order valence-corrected chi connectivity index (χ2v) is 10.6. The fourth-order valence-corrected chi connectivity index (χ4v) is 3.97. The summed E-state index contributed by atoms with van der Waals surface area (Å²) in [6, 6.07) is 4.39. The number of methoxy groups -OCH3 is 1. The molecular formula is C30H47NO10. The van der Waals surface area contributed by atoms with Crippen LogP contribution in [0.4, 0.5) is 9.59 Å². The minimum absolute atomic E-state index is 0.0141. The van der Waals surface area contributed by atoms with Crippen LogP contribution < -0.4 is 15.2 Å². The summed E-state index contributed by atoms with van der Waals surface area (Å²) >= 11 is 0. The van der Waals surface area contributed by atoms with Crippen LogP contribution in [0.15, 0.2) is 18.2 Å². The second kappa shape index (κ2) is 18.2. The third-order valence-corrected chi connectivity index (χ3v) is 6.23. The fraction of sp³-hybridized carbons (Fsp3) is 0.667. The van der Waals surface area contributed by atoms with Crippen LogP contribution in [0.25, 0.3) is 0 Å². The zero-order valence-corrected chi connectivity index (χ0v) is 25.5. The quantitative estimate of drug-likeness (QED) is 0.133. The zero-order valence-electron chi connectivity index (χ0n) is 25.5. The molecule has 11 nitrogen and oxygen atoms in total.